The van der Waals surface area contributed by atoms with Crippen LogP contribution in [0.25, 0.3) is 21.8 Å². The summed E-state index contributed by atoms with van der Waals surface area (Å²) >= 11 is 0. The molecule has 0 aliphatic rings. The van der Waals surface area contributed by atoms with E-state index in [4.69, 9.17) is 0 Å². The summed E-state index contributed by atoms with van der Waals surface area (Å²) in [7, 11) is 0. The first kappa shape index (κ1) is 18.6. The standard InChI is InChI=1S/C23H20N4O2/c1-15(27-23(29)19-11-17-7-3-5-9-21(17)25-14-19)12-26-22(28)18-10-16-6-2-4-8-20(16)24-13-18/h2-11,13-15H,12H2,1H3,(H,26,28)(H,27,29). The number of nitrogens with one attached hydrogen (secondary N) is 2. The van der Waals surface area contributed by atoms with Gasteiger partial charge in [-0.3, -0.25) is 19.6 Å². The third kappa shape index (κ3) is 4.21. The Balaban J connectivity index is 1.36. The Kier molecular flexibility index (Phi) is 5.16. The molecule has 4 aromatic rings. The van der Waals surface area contributed by atoms with E-state index in [0.717, 1.165) is 21.8 Å². The third-order valence-electron chi connectivity index (χ3n) is 4.65. The second kappa shape index (κ2) is 8.06. The third-order valence-corrected chi connectivity index (χ3v) is 4.65. The molecule has 2 aromatic heterocycles. The maximum atomic E-state index is 12.5. The van der Waals surface area contributed by atoms with E-state index in [-0.39, 0.29) is 17.9 Å². The van der Waals surface area contributed by atoms with Crippen LogP contribution in [0.15, 0.2) is 73.1 Å². The molecule has 2 heterocycles. The highest BCUT2D eigenvalue weighted by Gasteiger charge is 2.13. The summed E-state index contributed by atoms with van der Waals surface area (Å²) in [6.45, 7) is 2.14. The fourth-order valence-corrected chi connectivity index (χ4v) is 3.10. The number of nitrogens with zero attached hydrogens (tertiary/aromatic N) is 2. The summed E-state index contributed by atoms with van der Waals surface area (Å²) in [6.07, 6.45) is 3.12. The Labute approximate surface area is 168 Å². The van der Waals surface area contributed by atoms with Gasteiger partial charge >= 0.3 is 0 Å². The molecule has 1 atom stereocenters. The molecule has 0 saturated carbocycles. The van der Waals surface area contributed by atoms with Gasteiger partial charge in [0.25, 0.3) is 11.8 Å². The Hall–Kier alpha value is -3.80. The molecule has 0 bridgehead atoms. The first-order valence-electron chi connectivity index (χ1n) is 9.39. The first-order valence-corrected chi connectivity index (χ1v) is 9.39. The van der Waals surface area contributed by atoms with E-state index in [1.165, 1.54) is 0 Å². The van der Waals surface area contributed by atoms with E-state index in [2.05, 4.69) is 20.6 Å². The maximum absolute atomic E-state index is 12.5. The molecule has 2 N–H and O–H groups in total. The molecule has 1 unspecified atom stereocenters. The van der Waals surface area contributed by atoms with Crippen molar-refractivity contribution in [3.63, 3.8) is 0 Å². The van der Waals surface area contributed by atoms with Gasteiger partial charge in [0.15, 0.2) is 0 Å². The molecular formula is C23H20N4O2. The number of fused-ring (bicyclic) bond motifs is 2. The lowest BCUT2D eigenvalue weighted by Crippen LogP contribution is -2.41. The van der Waals surface area contributed by atoms with Crippen LogP contribution in [-0.4, -0.2) is 34.4 Å². The van der Waals surface area contributed by atoms with Crippen molar-refractivity contribution in [2.45, 2.75) is 13.0 Å². The number of carbonyl (C=O) groups is 2. The van der Waals surface area contributed by atoms with Crippen LogP contribution >= 0.6 is 0 Å². The number of carbonyl (C=O) groups excluding carboxylic acids is 2. The zero-order chi connectivity index (χ0) is 20.2. The van der Waals surface area contributed by atoms with E-state index in [1.807, 2.05) is 67.6 Å². The van der Waals surface area contributed by atoms with Crippen molar-refractivity contribution < 1.29 is 9.59 Å². The van der Waals surface area contributed by atoms with Crippen LogP contribution in [0.4, 0.5) is 0 Å². The van der Waals surface area contributed by atoms with Crippen molar-refractivity contribution in [3.8, 4) is 0 Å². The quantitative estimate of drug-likeness (QED) is 0.553. The molecule has 29 heavy (non-hydrogen) atoms. The molecule has 0 aliphatic carbocycles. The molecule has 144 valence electrons. The van der Waals surface area contributed by atoms with E-state index in [0.29, 0.717) is 17.7 Å². The monoisotopic (exact) mass is 384 g/mol. The van der Waals surface area contributed by atoms with Crippen molar-refractivity contribution in [1.29, 1.82) is 0 Å². The summed E-state index contributed by atoms with van der Waals surface area (Å²) in [4.78, 5) is 33.5. The zero-order valence-corrected chi connectivity index (χ0v) is 15.9. The highest BCUT2D eigenvalue weighted by molar-refractivity contribution is 5.98. The first-order chi connectivity index (χ1) is 14.1. The minimum atomic E-state index is -0.244. The summed E-state index contributed by atoms with van der Waals surface area (Å²) in [6, 6.07) is 18.6. The number of amides is 2. The van der Waals surface area contributed by atoms with Gasteiger partial charge in [0.2, 0.25) is 0 Å². The Bertz CT molecular complexity index is 1210. The van der Waals surface area contributed by atoms with Crippen LogP contribution in [-0.2, 0) is 0 Å². The van der Waals surface area contributed by atoms with Crippen LogP contribution in [0.3, 0.4) is 0 Å². The lowest BCUT2D eigenvalue weighted by molar-refractivity contribution is 0.0912. The second-order valence-electron chi connectivity index (χ2n) is 6.92. The molecule has 0 aliphatic heterocycles. The molecule has 2 amide bonds. The predicted octanol–water partition coefficient (Wildman–Crippen LogP) is 3.33. The molecule has 6 nitrogen and oxygen atoms in total. The number of para-hydroxylation sites is 2. The highest BCUT2D eigenvalue weighted by Crippen LogP contribution is 2.13. The smallest absolute Gasteiger partial charge is 0.253 e. The predicted molar refractivity (Wildman–Crippen MR) is 113 cm³/mol. The molecule has 0 spiro atoms. The molecule has 0 saturated heterocycles. The summed E-state index contributed by atoms with van der Waals surface area (Å²) < 4.78 is 0. The molecule has 2 aromatic carbocycles. The molecule has 4 rings (SSSR count). The number of hydrogen-bond donors (Lipinski definition) is 2. The van der Waals surface area contributed by atoms with Crippen LogP contribution in [0, 0.1) is 0 Å². The van der Waals surface area contributed by atoms with Crippen LogP contribution in [0.1, 0.15) is 27.6 Å². The molecule has 6 heteroatoms. The fraction of sp³-hybridized carbons (Fsp3) is 0.130. The van der Waals surface area contributed by atoms with Gasteiger partial charge in [-0.1, -0.05) is 36.4 Å². The summed E-state index contributed by atoms with van der Waals surface area (Å²) in [5.74, 6) is -0.450. The van der Waals surface area contributed by atoms with Gasteiger partial charge in [0, 0.05) is 35.8 Å². The van der Waals surface area contributed by atoms with E-state index >= 15 is 0 Å². The van der Waals surface area contributed by atoms with Gasteiger partial charge in [-0.25, -0.2) is 0 Å². The topological polar surface area (TPSA) is 84.0 Å². The number of aromatic nitrogens is 2. The summed E-state index contributed by atoms with van der Waals surface area (Å²) in [5, 5.41) is 7.54. The van der Waals surface area contributed by atoms with E-state index in [1.54, 1.807) is 12.4 Å². The lowest BCUT2D eigenvalue weighted by atomic mass is 10.1. The van der Waals surface area contributed by atoms with Crippen LogP contribution in [0.5, 0.6) is 0 Å². The van der Waals surface area contributed by atoms with Crippen LogP contribution < -0.4 is 10.6 Å². The summed E-state index contributed by atoms with van der Waals surface area (Å²) in [5.41, 5.74) is 2.66. The largest absolute Gasteiger partial charge is 0.350 e. The van der Waals surface area contributed by atoms with Gasteiger partial charge in [-0.05, 0) is 31.2 Å². The van der Waals surface area contributed by atoms with Crippen LogP contribution in [0.2, 0.25) is 0 Å². The van der Waals surface area contributed by atoms with Crippen molar-refractivity contribution in [2.75, 3.05) is 6.54 Å². The lowest BCUT2D eigenvalue weighted by Gasteiger charge is -2.15. The SMILES string of the molecule is CC(CNC(=O)c1cnc2ccccc2c1)NC(=O)c1cnc2ccccc2c1. The Morgan fingerprint density at radius 1 is 0.828 bits per heavy atom. The van der Waals surface area contributed by atoms with Crippen molar-refractivity contribution in [3.05, 3.63) is 84.2 Å². The number of benzene rings is 2. The minimum absolute atomic E-state index is 0.225. The highest BCUT2D eigenvalue weighted by atomic mass is 16.2. The minimum Gasteiger partial charge on any atom is -0.350 e. The molecular weight excluding hydrogens is 364 g/mol. The second-order valence-corrected chi connectivity index (χ2v) is 6.92. The van der Waals surface area contributed by atoms with Crippen molar-refractivity contribution in [1.82, 2.24) is 20.6 Å². The van der Waals surface area contributed by atoms with Crippen molar-refractivity contribution in [2.24, 2.45) is 0 Å². The van der Waals surface area contributed by atoms with E-state index in [9.17, 15) is 9.59 Å². The van der Waals surface area contributed by atoms with Gasteiger partial charge < -0.3 is 10.6 Å². The number of pyridine rings is 2. The average Bonchev–Trinajstić information content (AvgIpc) is 2.76. The zero-order valence-electron chi connectivity index (χ0n) is 15.9. The van der Waals surface area contributed by atoms with Gasteiger partial charge in [-0.2, -0.15) is 0 Å². The average molecular weight is 384 g/mol. The fourth-order valence-electron chi connectivity index (χ4n) is 3.10. The molecule has 0 radical (unpaired) electrons. The number of hydrogen-bond acceptors (Lipinski definition) is 4. The Morgan fingerprint density at radius 3 is 1.93 bits per heavy atom. The Morgan fingerprint density at radius 2 is 1.34 bits per heavy atom. The molecule has 0 fully saturated rings. The normalized spacial score (nSPS) is 11.9. The van der Waals surface area contributed by atoms with Gasteiger partial charge in [0.05, 0.1) is 22.2 Å². The van der Waals surface area contributed by atoms with E-state index < -0.39 is 0 Å². The maximum Gasteiger partial charge on any atom is 0.253 e. The number of rotatable bonds is 5. The van der Waals surface area contributed by atoms with Crippen molar-refractivity contribution >= 4 is 33.6 Å². The van der Waals surface area contributed by atoms with Gasteiger partial charge in [0.1, 0.15) is 0 Å². The van der Waals surface area contributed by atoms with Gasteiger partial charge in [-0.15, -0.1) is 0 Å².